The number of rotatable bonds is 5. The topological polar surface area (TPSA) is 60.4 Å². The lowest BCUT2D eigenvalue weighted by atomic mass is 10.1. The van der Waals surface area contributed by atoms with Crippen LogP contribution in [-0.2, 0) is 22.6 Å². The molecular formula is C23H37N5O2. The maximum atomic E-state index is 11.6. The first-order valence-electron chi connectivity index (χ1n) is 11.2. The monoisotopic (exact) mass is 415 g/mol. The number of guanidine groups is 1. The minimum atomic E-state index is 0.150. The fourth-order valence-corrected chi connectivity index (χ4v) is 4.34. The van der Waals surface area contributed by atoms with Crippen LogP contribution in [0, 0.1) is 0 Å². The average Bonchev–Trinajstić information content (AvgIpc) is 2.71. The van der Waals surface area contributed by atoms with Gasteiger partial charge in [0, 0.05) is 59.3 Å². The highest BCUT2D eigenvalue weighted by Gasteiger charge is 2.23. The van der Waals surface area contributed by atoms with Crippen LogP contribution in [0.1, 0.15) is 38.8 Å². The SMILES string of the molecule is CCNC(=NCc1ccccc1CN1CC(C)OC(C)C1)N1CCN(C(C)=O)CC1. The van der Waals surface area contributed by atoms with Crippen molar-refractivity contribution in [1.29, 1.82) is 0 Å². The van der Waals surface area contributed by atoms with Crippen molar-refractivity contribution in [3.63, 3.8) is 0 Å². The molecule has 1 N–H and O–H groups in total. The number of piperazine rings is 1. The summed E-state index contributed by atoms with van der Waals surface area (Å²) in [6.45, 7) is 15.5. The zero-order valence-corrected chi connectivity index (χ0v) is 18.9. The summed E-state index contributed by atoms with van der Waals surface area (Å²) in [6.07, 6.45) is 0.543. The molecule has 0 radical (unpaired) electrons. The molecule has 30 heavy (non-hydrogen) atoms. The lowest BCUT2D eigenvalue weighted by Crippen LogP contribution is -2.53. The lowest BCUT2D eigenvalue weighted by Gasteiger charge is -2.36. The first-order valence-corrected chi connectivity index (χ1v) is 11.2. The quantitative estimate of drug-likeness (QED) is 0.588. The summed E-state index contributed by atoms with van der Waals surface area (Å²) in [5, 5.41) is 3.42. The van der Waals surface area contributed by atoms with E-state index in [1.807, 2.05) is 4.90 Å². The Morgan fingerprint density at radius 3 is 2.27 bits per heavy atom. The van der Waals surface area contributed by atoms with E-state index in [9.17, 15) is 4.79 Å². The Balaban J connectivity index is 1.67. The van der Waals surface area contributed by atoms with Crippen LogP contribution in [0.15, 0.2) is 29.3 Å². The van der Waals surface area contributed by atoms with Crippen LogP contribution in [0.4, 0.5) is 0 Å². The van der Waals surface area contributed by atoms with Gasteiger partial charge in [-0.25, -0.2) is 4.99 Å². The molecule has 2 fully saturated rings. The second-order valence-corrected chi connectivity index (χ2v) is 8.38. The van der Waals surface area contributed by atoms with Gasteiger partial charge >= 0.3 is 0 Å². The number of carbonyl (C=O) groups is 1. The summed E-state index contributed by atoms with van der Waals surface area (Å²) < 4.78 is 5.88. The maximum absolute atomic E-state index is 11.6. The molecule has 2 aliphatic heterocycles. The van der Waals surface area contributed by atoms with Gasteiger partial charge in [-0.15, -0.1) is 0 Å². The van der Waals surface area contributed by atoms with Crippen molar-refractivity contribution >= 4 is 11.9 Å². The molecule has 1 aromatic carbocycles. The Hall–Kier alpha value is -2.12. The van der Waals surface area contributed by atoms with E-state index in [-0.39, 0.29) is 18.1 Å². The Bertz CT molecular complexity index is 720. The van der Waals surface area contributed by atoms with Crippen LogP contribution in [-0.4, -0.2) is 84.6 Å². The smallest absolute Gasteiger partial charge is 0.219 e. The highest BCUT2D eigenvalue weighted by molar-refractivity contribution is 5.80. The van der Waals surface area contributed by atoms with Crippen molar-refractivity contribution in [2.24, 2.45) is 4.99 Å². The van der Waals surface area contributed by atoms with E-state index in [4.69, 9.17) is 9.73 Å². The van der Waals surface area contributed by atoms with Gasteiger partial charge < -0.3 is 19.9 Å². The number of morpholine rings is 1. The zero-order valence-electron chi connectivity index (χ0n) is 18.9. The summed E-state index contributed by atoms with van der Waals surface area (Å²) in [5.74, 6) is 1.08. The number of aliphatic imine (C=N–C) groups is 1. The first-order chi connectivity index (χ1) is 14.5. The van der Waals surface area contributed by atoms with Crippen LogP contribution in [0.2, 0.25) is 0 Å². The van der Waals surface area contributed by atoms with E-state index in [0.29, 0.717) is 6.54 Å². The molecule has 7 nitrogen and oxygen atoms in total. The van der Waals surface area contributed by atoms with Crippen LogP contribution in [0.25, 0.3) is 0 Å². The van der Waals surface area contributed by atoms with Gasteiger partial charge in [-0.1, -0.05) is 24.3 Å². The largest absolute Gasteiger partial charge is 0.373 e. The van der Waals surface area contributed by atoms with E-state index in [1.165, 1.54) is 11.1 Å². The molecule has 2 unspecified atom stereocenters. The summed E-state index contributed by atoms with van der Waals surface area (Å²) in [4.78, 5) is 23.2. The van der Waals surface area contributed by atoms with Crippen molar-refractivity contribution < 1.29 is 9.53 Å². The van der Waals surface area contributed by atoms with Gasteiger partial charge in [0.05, 0.1) is 18.8 Å². The van der Waals surface area contributed by atoms with Gasteiger partial charge in [0.15, 0.2) is 5.96 Å². The van der Waals surface area contributed by atoms with E-state index >= 15 is 0 Å². The summed E-state index contributed by atoms with van der Waals surface area (Å²) in [5.41, 5.74) is 2.60. The molecule has 3 rings (SSSR count). The second-order valence-electron chi connectivity index (χ2n) is 8.38. The highest BCUT2D eigenvalue weighted by Crippen LogP contribution is 2.18. The molecule has 2 atom stereocenters. The van der Waals surface area contributed by atoms with Gasteiger partial charge in [-0.2, -0.15) is 0 Å². The summed E-state index contributed by atoms with van der Waals surface area (Å²) >= 11 is 0. The van der Waals surface area contributed by atoms with E-state index in [2.05, 4.69) is 60.2 Å². The minimum absolute atomic E-state index is 0.150. The molecule has 1 amide bonds. The number of hydrogen-bond donors (Lipinski definition) is 1. The molecule has 2 aliphatic rings. The Labute approximate surface area is 181 Å². The highest BCUT2D eigenvalue weighted by atomic mass is 16.5. The molecule has 166 valence electrons. The van der Waals surface area contributed by atoms with E-state index < -0.39 is 0 Å². The van der Waals surface area contributed by atoms with Crippen molar-refractivity contribution in [2.45, 2.75) is 53.0 Å². The molecule has 7 heteroatoms. The van der Waals surface area contributed by atoms with E-state index in [0.717, 1.165) is 58.3 Å². The maximum Gasteiger partial charge on any atom is 0.219 e. The third-order valence-electron chi connectivity index (χ3n) is 5.77. The third-order valence-corrected chi connectivity index (χ3v) is 5.77. The number of carbonyl (C=O) groups excluding carboxylic acids is 1. The Morgan fingerprint density at radius 2 is 1.67 bits per heavy atom. The number of nitrogens with zero attached hydrogens (tertiary/aromatic N) is 4. The molecular weight excluding hydrogens is 378 g/mol. The third kappa shape index (κ3) is 6.19. The standard InChI is InChI=1S/C23H37N5O2/c1-5-24-23(28-12-10-27(11-13-28)20(4)29)25-14-21-8-6-7-9-22(21)17-26-15-18(2)30-19(3)16-26/h6-9,18-19H,5,10-17H2,1-4H3,(H,24,25). The van der Waals surface area contributed by atoms with Crippen molar-refractivity contribution in [3.05, 3.63) is 35.4 Å². The number of amides is 1. The molecule has 0 spiro atoms. The Kier molecular flexibility index (Phi) is 8.10. The van der Waals surface area contributed by atoms with Crippen molar-refractivity contribution in [1.82, 2.24) is 20.0 Å². The van der Waals surface area contributed by atoms with Crippen LogP contribution in [0.3, 0.4) is 0 Å². The fraction of sp³-hybridized carbons (Fsp3) is 0.652. The normalized spacial score (nSPS) is 23.5. The minimum Gasteiger partial charge on any atom is -0.373 e. The summed E-state index contributed by atoms with van der Waals surface area (Å²) in [6, 6.07) is 8.61. The van der Waals surface area contributed by atoms with Crippen molar-refractivity contribution in [3.8, 4) is 0 Å². The van der Waals surface area contributed by atoms with Gasteiger partial charge in [-0.3, -0.25) is 9.69 Å². The molecule has 2 heterocycles. The number of hydrogen-bond acceptors (Lipinski definition) is 4. The Morgan fingerprint density at radius 1 is 1.07 bits per heavy atom. The van der Waals surface area contributed by atoms with Crippen LogP contribution in [0.5, 0.6) is 0 Å². The molecule has 0 bridgehead atoms. The van der Waals surface area contributed by atoms with Gasteiger partial charge in [0.2, 0.25) is 5.91 Å². The fourth-order valence-electron chi connectivity index (χ4n) is 4.34. The number of ether oxygens (including phenoxy) is 1. The van der Waals surface area contributed by atoms with Gasteiger partial charge in [0.1, 0.15) is 0 Å². The number of benzene rings is 1. The molecule has 1 aromatic rings. The van der Waals surface area contributed by atoms with Crippen LogP contribution >= 0.6 is 0 Å². The van der Waals surface area contributed by atoms with E-state index in [1.54, 1.807) is 6.92 Å². The first kappa shape index (κ1) is 22.6. The van der Waals surface area contributed by atoms with Crippen molar-refractivity contribution in [2.75, 3.05) is 45.8 Å². The van der Waals surface area contributed by atoms with Gasteiger partial charge in [-0.05, 0) is 31.9 Å². The second kappa shape index (κ2) is 10.8. The number of nitrogens with one attached hydrogen (secondary N) is 1. The molecule has 2 saturated heterocycles. The predicted octanol–water partition coefficient (Wildman–Crippen LogP) is 1.93. The summed E-state index contributed by atoms with van der Waals surface area (Å²) in [7, 11) is 0. The average molecular weight is 416 g/mol. The molecule has 0 aromatic heterocycles. The predicted molar refractivity (Wildman–Crippen MR) is 120 cm³/mol. The molecule has 0 aliphatic carbocycles. The van der Waals surface area contributed by atoms with Gasteiger partial charge in [0.25, 0.3) is 0 Å². The lowest BCUT2D eigenvalue weighted by molar-refractivity contribution is -0.130. The van der Waals surface area contributed by atoms with Crippen LogP contribution < -0.4 is 5.32 Å². The zero-order chi connectivity index (χ0) is 21.5. The molecule has 0 saturated carbocycles.